The summed E-state index contributed by atoms with van der Waals surface area (Å²) < 4.78 is 9.92. The monoisotopic (exact) mass is 1290 g/mol. The van der Waals surface area contributed by atoms with Crippen molar-refractivity contribution in [2.45, 2.75) is 105 Å². The van der Waals surface area contributed by atoms with Gasteiger partial charge in [-0.2, -0.15) is 5.26 Å². The molecule has 100 heavy (non-hydrogen) atoms. The standard InChI is InChI=1S/C95H81N5/c1-92(2,3)67-37-45-84-75(53-67)76-54-68(93(4,5)6)38-46-85(76)99(84)90-79(58-96)91(100-86-47-39-69(94(7,8)9)55-77(86)78-56-70(95(10,11)12)40-48-87(78)100)89(98-82-43-35-65(61-29-21-15-22-30-61)51-73(82)74-52-66(36-44-83(74)98)62-31-23-16-24-32-62)57-88(90)97-80-41-33-63(59-25-17-13-18-26-59)49-71(80)72-50-64(34-42-81(72)97)60-27-19-14-20-28-60/h13-57H,1-12H3. The highest BCUT2D eigenvalue weighted by Gasteiger charge is 2.33. The second-order valence-corrected chi connectivity index (χ2v) is 31.8. The quantitative estimate of drug-likeness (QED) is 0.150. The zero-order valence-corrected chi connectivity index (χ0v) is 59.2. The summed E-state index contributed by atoms with van der Waals surface area (Å²) in [6.07, 6.45) is 0. The third-order valence-corrected chi connectivity index (χ3v) is 21.2. The van der Waals surface area contributed by atoms with E-state index in [1.54, 1.807) is 0 Å². The van der Waals surface area contributed by atoms with Gasteiger partial charge in [0.1, 0.15) is 11.6 Å². The number of fused-ring (bicyclic) bond motifs is 12. The second-order valence-electron chi connectivity index (χ2n) is 31.8. The summed E-state index contributed by atoms with van der Waals surface area (Å²) >= 11 is 0. The van der Waals surface area contributed by atoms with Gasteiger partial charge in [0.15, 0.2) is 0 Å². The van der Waals surface area contributed by atoms with Crippen molar-refractivity contribution >= 4 is 87.2 Å². The zero-order valence-electron chi connectivity index (χ0n) is 59.2. The third kappa shape index (κ3) is 10.1. The maximum atomic E-state index is 13.4. The fourth-order valence-electron chi connectivity index (χ4n) is 15.7. The minimum Gasteiger partial charge on any atom is -0.307 e. The van der Waals surface area contributed by atoms with Gasteiger partial charge in [0, 0.05) is 43.1 Å². The number of nitrogens with zero attached hydrogens (tertiary/aromatic N) is 5. The van der Waals surface area contributed by atoms with Crippen LogP contribution in [0.3, 0.4) is 0 Å². The van der Waals surface area contributed by atoms with Crippen LogP contribution in [0, 0.1) is 11.3 Å². The summed E-state index contributed by atoms with van der Waals surface area (Å²) in [5.41, 5.74) is 25.5. The summed E-state index contributed by atoms with van der Waals surface area (Å²) in [5, 5.41) is 22.5. The van der Waals surface area contributed by atoms with Crippen molar-refractivity contribution < 1.29 is 0 Å². The van der Waals surface area contributed by atoms with Crippen LogP contribution in [0.15, 0.2) is 273 Å². The predicted molar refractivity (Wildman–Crippen MR) is 425 cm³/mol. The fraction of sp³-hybridized carbons (Fsp3) is 0.168. The van der Waals surface area contributed by atoms with Crippen LogP contribution in [-0.4, -0.2) is 18.3 Å². The molecule has 0 aliphatic heterocycles. The first-order chi connectivity index (χ1) is 48.1. The minimum atomic E-state index is -0.148. The van der Waals surface area contributed by atoms with Gasteiger partial charge in [-0.05, 0) is 192 Å². The maximum Gasteiger partial charge on any atom is 0.104 e. The Kier molecular flexibility index (Phi) is 14.2. The highest BCUT2D eigenvalue weighted by Crippen LogP contribution is 2.50. The number of nitriles is 1. The smallest absolute Gasteiger partial charge is 0.104 e. The Labute approximate surface area is 586 Å². The molecule has 0 amide bonds. The summed E-state index contributed by atoms with van der Waals surface area (Å²) in [6, 6.07) is 105. The van der Waals surface area contributed by atoms with E-state index in [0.29, 0.717) is 5.56 Å². The van der Waals surface area contributed by atoms with Crippen molar-refractivity contribution in [3.05, 3.63) is 301 Å². The molecule has 486 valence electrons. The molecule has 5 nitrogen and oxygen atoms in total. The lowest BCUT2D eigenvalue weighted by Crippen LogP contribution is -2.14. The van der Waals surface area contributed by atoms with Crippen molar-refractivity contribution in [3.63, 3.8) is 0 Å². The van der Waals surface area contributed by atoms with Crippen molar-refractivity contribution in [3.8, 4) is 73.3 Å². The molecule has 0 bridgehead atoms. The van der Waals surface area contributed by atoms with Crippen LogP contribution in [0.2, 0.25) is 0 Å². The van der Waals surface area contributed by atoms with E-state index in [-0.39, 0.29) is 21.7 Å². The van der Waals surface area contributed by atoms with Crippen LogP contribution in [0.25, 0.3) is 154 Å². The SMILES string of the molecule is CC(C)(C)c1ccc2c(c1)c1cc(C(C)(C)C)ccc1n2-c1c(-n2c3ccc(-c4ccccc4)cc3c3cc(-c4ccccc4)ccc32)cc(-n2c3ccc(-c4ccccc4)cc3c3cc(-c4ccccc4)ccc32)c(-n2c3ccc(C(C)(C)C)cc3c3cc(C(C)(C)C)ccc32)c1C#N. The molecular formula is C95H81N5. The molecule has 0 radical (unpaired) electrons. The molecule has 0 saturated heterocycles. The number of hydrogen-bond donors (Lipinski definition) is 0. The Morgan fingerprint density at radius 1 is 0.220 bits per heavy atom. The van der Waals surface area contributed by atoms with Gasteiger partial charge >= 0.3 is 0 Å². The fourth-order valence-corrected chi connectivity index (χ4v) is 15.7. The Hall–Kier alpha value is -11.5. The van der Waals surface area contributed by atoms with Gasteiger partial charge in [-0.15, -0.1) is 0 Å². The van der Waals surface area contributed by atoms with Crippen LogP contribution >= 0.6 is 0 Å². The summed E-state index contributed by atoms with van der Waals surface area (Å²) in [6.45, 7) is 27.7. The van der Waals surface area contributed by atoms with E-state index in [4.69, 9.17) is 0 Å². The molecule has 4 heterocycles. The first-order valence-corrected chi connectivity index (χ1v) is 35.3. The average Bonchev–Trinajstić information content (AvgIpc) is 1.51. The molecule has 0 saturated carbocycles. The molecule has 0 spiro atoms. The molecule has 13 aromatic carbocycles. The van der Waals surface area contributed by atoms with E-state index in [2.05, 4.69) is 380 Å². The normalized spacial score (nSPS) is 12.6. The lowest BCUT2D eigenvalue weighted by molar-refractivity contribution is 0.590. The zero-order chi connectivity index (χ0) is 68.9. The Bertz CT molecular complexity index is 5500. The third-order valence-electron chi connectivity index (χ3n) is 21.2. The van der Waals surface area contributed by atoms with Crippen LogP contribution in [0.1, 0.15) is 111 Å². The average molecular weight is 1290 g/mol. The molecule has 0 N–H and O–H groups in total. The van der Waals surface area contributed by atoms with Gasteiger partial charge in [-0.3, -0.25) is 0 Å². The lowest BCUT2D eigenvalue weighted by Gasteiger charge is -2.26. The van der Waals surface area contributed by atoms with Crippen molar-refractivity contribution in [2.24, 2.45) is 0 Å². The van der Waals surface area contributed by atoms with Crippen molar-refractivity contribution in [2.75, 3.05) is 0 Å². The molecule has 0 unspecified atom stereocenters. The lowest BCUT2D eigenvalue weighted by atomic mass is 9.85. The first kappa shape index (κ1) is 62.1. The molecule has 17 rings (SSSR count). The van der Waals surface area contributed by atoms with Crippen LogP contribution < -0.4 is 0 Å². The molecular weight excluding hydrogens is 1210 g/mol. The summed E-state index contributed by atoms with van der Waals surface area (Å²) in [5.74, 6) is 0. The Balaban J connectivity index is 1.12. The molecule has 0 fully saturated rings. The van der Waals surface area contributed by atoms with Gasteiger partial charge in [0.25, 0.3) is 0 Å². The van der Waals surface area contributed by atoms with Gasteiger partial charge in [-0.1, -0.05) is 253 Å². The van der Waals surface area contributed by atoms with Crippen LogP contribution in [0.4, 0.5) is 0 Å². The summed E-state index contributed by atoms with van der Waals surface area (Å²) in [7, 11) is 0. The van der Waals surface area contributed by atoms with Crippen LogP contribution in [-0.2, 0) is 21.7 Å². The molecule has 4 aromatic heterocycles. The van der Waals surface area contributed by atoms with Crippen molar-refractivity contribution in [1.82, 2.24) is 18.3 Å². The molecule has 0 aliphatic rings. The van der Waals surface area contributed by atoms with Gasteiger partial charge in [0.2, 0.25) is 0 Å². The predicted octanol–water partition coefficient (Wildman–Crippen LogP) is 25.8. The van der Waals surface area contributed by atoms with Gasteiger partial charge < -0.3 is 18.3 Å². The van der Waals surface area contributed by atoms with E-state index in [1.165, 1.54) is 22.3 Å². The number of aromatic nitrogens is 4. The maximum absolute atomic E-state index is 13.4. The highest BCUT2D eigenvalue weighted by molar-refractivity contribution is 6.17. The van der Waals surface area contributed by atoms with E-state index >= 15 is 0 Å². The second kappa shape index (κ2) is 22.8. The summed E-state index contributed by atoms with van der Waals surface area (Å²) in [4.78, 5) is 0. The number of rotatable bonds is 8. The first-order valence-electron chi connectivity index (χ1n) is 35.3. The van der Waals surface area contributed by atoms with E-state index in [1.807, 2.05) is 0 Å². The van der Waals surface area contributed by atoms with E-state index in [9.17, 15) is 5.26 Å². The highest BCUT2D eigenvalue weighted by atomic mass is 15.1. The van der Waals surface area contributed by atoms with E-state index in [0.717, 1.165) is 154 Å². The Morgan fingerprint density at radius 3 is 0.650 bits per heavy atom. The Morgan fingerprint density at radius 2 is 0.430 bits per heavy atom. The molecule has 0 aliphatic carbocycles. The minimum absolute atomic E-state index is 0.148. The van der Waals surface area contributed by atoms with Gasteiger partial charge in [0.05, 0.1) is 66.9 Å². The van der Waals surface area contributed by atoms with Gasteiger partial charge in [-0.25, -0.2) is 0 Å². The largest absolute Gasteiger partial charge is 0.307 e. The molecule has 5 heteroatoms. The van der Waals surface area contributed by atoms with Crippen LogP contribution in [0.5, 0.6) is 0 Å². The molecule has 17 aromatic rings. The molecule has 0 atom stereocenters. The number of hydrogen-bond acceptors (Lipinski definition) is 1. The topological polar surface area (TPSA) is 43.5 Å². The number of benzene rings is 13. The van der Waals surface area contributed by atoms with E-state index < -0.39 is 0 Å². The van der Waals surface area contributed by atoms with Crippen molar-refractivity contribution in [1.29, 1.82) is 5.26 Å².